The van der Waals surface area contributed by atoms with Crippen molar-refractivity contribution in [2.24, 2.45) is 22.4 Å². The Morgan fingerprint density at radius 2 is 1.26 bits per heavy atom. The van der Waals surface area contributed by atoms with Crippen LogP contribution in [0.4, 0.5) is 0 Å². The Morgan fingerprint density at radius 1 is 0.698 bits per heavy atom. The first-order valence-corrected chi connectivity index (χ1v) is 31.9. The van der Waals surface area contributed by atoms with Crippen LogP contribution in [0.1, 0.15) is 87.8 Å². The predicted octanol–water partition coefficient (Wildman–Crippen LogP) is -1.44. The number of hydrogen-bond acceptors (Lipinski definition) is 17. The molecule has 8 rings (SSSR count). The van der Waals surface area contributed by atoms with Crippen molar-refractivity contribution < 1.29 is 68.1 Å². The van der Waals surface area contributed by atoms with E-state index in [0.717, 1.165) is 5.57 Å². The Kier molecular flexibility index (Phi) is 25.5. The summed E-state index contributed by atoms with van der Waals surface area (Å²) in [5, 5.41) is 64.8. The van der Waals surface area contributed by atoms with Crippen molar-refractivity contribution in [3.63, 3.8) is 0 Å². The number of aliphatic hydroxyl groups excluding tert-OH is 2. The second-order valence-corrected chi connectivity index (χ2v) is 24.4. The average molecular weight is 1330 g/mol. The summed E-state index contributed by atoms with van der Waals surface area (Å²) in [7, 11) is 0. The zero-order valence-corrected chi connectivity index (χ0v) is 53.1. The predicted molar refractivity (Wildman–Crippen MR) is 352 cm³/mol. The number of carbonyl (C=O) groups is 11. The highest BCUT2D eigenvalue weighted by molar-refractivity contribution is 6.00. The third-order valence-corrected chi connectivity index (χ3v) is 17.1. The summed E-state index contributed by atoms with van der Waals surface area (Å²) in [6.45, 7) is 0.0675. The van der Waals surface area contributed by atoms with Crippen molar-refractivity contribution in [1.29, 1.82) is 5.41 Å². The molecule has 2 saturated heterocycles. The molecule has 0 spiro atoms. The lowest BCUT2D eigenvalue weighted by atomic mass is 9.90. The summed E-state index contributed by atoms with van der Waals surface area (Å²) in [6.07, 6.45) is 5.91. The third-order valence-electron chi connectivity index (χ3n) is 17.1. The normalized spacial score (nSPS) is 17.7. The van der Waals surface area contributed by atoms with Gasteiger partial charge in [-0.1, -0.05) is 48.5 Å². The van der Waals surface area contributed by atoms with E-state index in [0.29, 0.717) is 64.3 Å². The molecule has 0 bridgehead atoms. The van der Waals surface area contributed by atoms with Crippen LogP contribution < -0.4 is 59.3 Å². The maximum absolute atomic E-state index is 15.1. The third kappa shape index (κ3) is 20.3. The van der Waals surface area contributed by atoms with Crippen molar-refractivity contribution >= 4 is 98.7 Å². The molecule has 2 aromatic heterocycles. The van der Waals surface area contributed by atoms with Crippen LogP contribution in [0, 0.1) is 11.3 Å². The maximum atomic E-state index is 15.1. The number of guanidine groups is 1. The fourth-order valence-corrected chi connectivity index (χ4v) is 12.0. The number of nitrogens with one attached hydrogen (secondary N) is 12. The smallest absolute Gasteiger partial charge is 0.245 e. The molecule has 30 nitrogen and oxygen atoms in total. The molecule has 30 heteroatoms. The lowest BCUT2D eigenvalue weighted by molar-refractivity contribution is -0.136. The average Bonchev–Trinajstić information content (AvgIpc) is 1.65. The minimum absolute atomic E-state index is 0.00811. The fraction of sp³-hybridized carbons (Fsp3) is 0.439. The number of aromatic nitrogens is 2. The molecule has 512 valence electrons. The van der Waals surface area contributed by atoms with Crippen LogP contribution in [0.25, 0.3) is 21.8 Å². The van der Waals surface area contributed by atoms with Gasteiger partial charge in [0.1, 0.15) is 36.0 Å². The Balaban J connectivity index is 1.04. The second-order valence-electron chi connectivity index (χ2n) is 24.4. The van der Waals surface area contributed by atoms with E-state index in [9.17, 15) is 58.5 Å². The topological polar surface area (TPSA) is 480 Å². The SMILES string of the molecule is CC(O)CC(NC(=O)C(Cc1c[nH]c2ccccc12)NC(=O)C(Cc1ccc(O)cc1)NC(=O)C(CO)NC(=O)C(Cc1c[nH]c2ccccc12)NC(=O)C(CC(=O)C1CCC(=O)N1)CC1=CN=CC1)C(=O)NC(CCCNC(=N)N)C(=O)CN1CCCC1C(=O)NCC(N)=O. The van der Waals surface area contributed by atoms with Crippen LogP contribution in [-0.2, 0) is 72.0 Å². The van der Waals surface area contributed by atoms with Gasteiger partial charge in [0.05, 0.1) is 43.9 Å². The lowest BCUT2D eigenvalue weighted by Gasteiger charge is -2.29. The van der Waals surface area contributed by atoms with Gasteiger partial charge in [-0.25, -0.2) is 0 Å². The van der Waals surface area contributed by atoms with Crippen LogP contribution in [-0.4, -0.2) is 194 Å². The van der Waals surface area contributed by atoms with Gasteiger partial charge in [-0.2, -0.15) is 0 Å². The van der Waals surface area contributed by atoms with Gasteiger partial charge in [0.25, 0.3) is 0 Å². The number of primary amides is 1. The number of benzene rings is 3. The molecule has 9 amide bonds. The molecular weight excluding hydrogens is 1240 g/mol. The zero-order valence-electron chi connectivity index (χ0n) is 53.1. The number of aliphatic imine (C=N–C) groups is 1. The number of ketones is 2. The summed E-state index contributed by atoms with van der Waals surface area (Å²) in [5.74, 6) is -9.50. The van der Waals surface area contributed by atoms with Gasteiger partial charge in [0.2, 0.25) is 53.2 Å². The minimum Gasteiger partial charge on any atom is -0.508 e. The number of likely N-dealkylation sites (tertiary alicyclic amines) is 1. The molecule has 0 radical (unpaired) electrons. The van der Waals surface area contributed by atoms with Gasteiger partial charge in [-0.15, -0.1) is 0 Å². The van der Waals surface area contributed by atoms with Gasteiger partial charge >= 0.3 is 0 Å². The minimum atomic E-state index is -1.80. The summed E-state index contributed by atoms with van der Waals surface area (Å²) < 4.78 is 0. The van der Waals surface area contributed by atoms with E-state index in [-0.39, 0.29) is 94.3 Å². The number of Topliss-reactive ketones (excluding diaryl/α,β-unsaturated/α-hetero) is 2. The molecule has 0 aliphatic carbocycles. The largest absolute Gasteiger partial charge is 0.508 e. The molecule has 0 saturated carbocycles. The first-order valence-electron chi connectivity index (χ1n) is 31.9. The van der Waals surface area contributed by atoms with Crippen LogP contribution in [0.3, 0.4) is 0 Å². The number of amides is 9. The Bertz CT molecular complexity index is 3730. The number of fused-ring (bicyclic) bond motifs is 2. The lowest BCUT2D eigenvalue weighted by Crippen LogP contribution is -2.61. The van der Waals surface area contributed by atoms with Gasteiger partial charge in [-0.05, 0) is 98.5 Å². The van der Waals surface area contributed by atoms with E-state index >= 15 is 9.59 Å². The monoisotopic (exact) mass is 1320 g/mol. The fourth-order valence-electron chi connectivity index (χ4n) is 12.0. The molecule has 3 aromatic carbocycles. The van der Waals surface area contributed by atoms with E-state index in [1.807, 2.05) is 6.07 Å². The quantitative estimate of drug-likeness (QED) is 0.0124. The zero-order chi connectivity index (χ0) is 69.0. The molecule has 19 N–H and O–H groups in total. The number of rotatable bonds is 36. The number of aromatic hydroxyl groups is 1. The number of para-hydroxylation sites is 2. The van der Waals surface area contributed by atoms with Crippen molar-refractivity contribution in [2.75, 3.05) is 32.8 Å². The molecular formula is C66H84N16O14. The van der Waals surface area contributed by atoms with E-state index in [2.05, 4.69) is 62.8 Å². The number of aliphatic hydroxyl groups is 2. The van der Waals surface area contributed by atoms with E-state index in [1.54, 1.807) is 72.2 Å². The van der Waals surface area contributed by atoms with Crippen LogP contribution in [0.2, 0.25) is 0 Å². The number of nitrogens with zero attached hydrogens (tertiary/aromatic N) is 2. The maximum Gasteiger partial charge on any atom is 0.245 e. The summed E-state index contributed by atoms with van der Waals surface area (Å²) in [4.78, 5) is 165. The number of aromatic amines is 2. The Labute approximate surface area is 552 Å². The molecule has 5 heterocycles. The first-order chi connectivity index (χ1) is 46.0. The number of phenols is 1. The number of phenolic OH excluding ortho intramolecular Hbond substituents is 1. The molecule has 2 fully saturated rings. The second kappa shape index (κ2) is 34.2. The van der Waals surface area contributed by atoms with E-state index in [4.69, 9.17) is 16.9 Å². The Hall–Kier alpha value is -10.3. The highest BCUT2D eigenvalue weighted by Gasteiger charge is 2.39. The van der Waals surface area contributed by atoms with Gasteiger partial charge in [0.15, 0.2) is 17.5 Å². The van der Waals surface area contributed by atoms with Crippen molar-refractivity contribution in [3.8, 4) is 5.75 Å². The van der Waals surface area contributed by atoms with Crippen molar-refractivity contribution in [3.05, 3.63) is 114 Å². The van der Waals surface area contributed by atoms with Gasteiger partial charge in [0, 0.05) is 104 Å². The van der Waals surface area contributed by atoms with Gasteiger partial charge < -0.3 is 84.6 Å². The first kappa shape index (κ1) is 71.5. The number of H-pyrrole nitrogens is 2. The molecule has 5 aromatic rings. The molecule has 10 atom stereocenters. The van der Waals surface area contributed by atoms with E-state index in [1.165, 1.54) is 31.2 Å². The Morgan fingerprint density at radius 3 is 1.82 bits per heavy atom. The number of carbonyl (C=O) groups excluding carboxylic acids is 11. The highest BCUT2D eigenvalue weighted by Crippen LogP contribution is 2.26. The van der Waals surface area contributed by atoms with Crippen LogP contribution >= 0.6 is 0 Å². The van der Waals surface area contributed by atoms with Crippen molar-refractivity contribution in [1.82, 2.24) is 62.7 Å². The molecule has 3 aliphatic rings. The molecule has 3 aliphatic heterocycles. The van der Waals surface area contributed by atoms with E-state index < -0.39 is 133 Å². The number of hydrogen-bond donors (Lipinski definition) is 17. The molecule has 96 heavy (non-hydrogen) atoms. The van der Waals surface area contributed by atoms with Gasteiger partial charge in [-0.3, -0.25) is 68.0 Å². The highest BCUT2D eigenvalue weighted by atomic mass is 16.3. The van der Waals surface area contributed by atoms with Crippen LogP contribution in [0.15, 0.2) is 102 Å². The van der Waals surface area contributed by atoms with Crippen LogP contribution in [0.5, 0.6) is 5.75 Å². The molecule has 10 unspecified atom stereocenters. The number of nitrogens with two attached hydrogens (primary N) is 2. The standard InChI is InChI=1S/C66H84N16O14/c1-36(84)24-49(60(91)76-47(12-6-21-71-66(68)69)56(87)34-82-23-7-13-54(82)65(96)74-33-57(67)88)78-62(93)52(28-41-32-73-46-11-5-3-9-44(41)46)80-61(92)50(26-37-14-16-42(85)17-15-37)79-64(95)53(35-83)81-63(94)51(27-40-31-72-45-10-4-2-8-43(40)45)77-59(90)39(25-38-20-22-70-30-38)29-55(86)48-18-19-58(89)75-48/h2-5,8-11,14-17,22,30-32,36,39,47-54,72-73,83-85H,6-7,12-13,18-21,23-29,33-35H2,1H3,(H2,67,88)(H,74,96)(H,75,89)(H,76,91)(H,77,90)(H,78,93)(H,79,95)(H,80,92)(H,81,94)(H4,68,69,71). The van der Waals surface area contributed by atoms with Crippen molar-refractivity contribution in [2.45, 2.75) is 145 Å². The summed E-state index contributed by atoms with van der Waals surface area (Å²) in [5.41, 5.74) is 14.4. The summed E-state index contributed by atoms with van der Waals surface area (Å²) >= 11 is 0. The summed E-state index contributed by atoms with van der Waals surface area (Å²) in [6, 6.07) is 9.12. The number of allylic oxidation sites excluding steroid dienone is 1.